The number of hydrogen-bond donors (Lipinski definition) is 2. The fraction of sp³-hybridized carbons (Fsp3) is 0.750. The van der Waals surface area contributed by atoms with E-state index in [9.17, 15) is 14.4 Å². The summed E-state index contributed by atoms with van der Waals surface area (Å²) >= 11 is 0. The second-order valence-electron chi connectivity index (χ2n) is 4.54. The third kappa shape index (κ3) is 7.65. The zero-order valence-corrected chi connectivity index (χ0v) is 11.0. The molecule has 0 fully saturated rings. The van der Waals surface area contributed by atoms with E-state index in [2.05, 4.69) is 0 Å². The number of aliphatic carboxylic acids is 1. The van der Waals surface area contributed by atoms with Crippen molar-refractivity contribution in [1.82, 2.24) is 4.90 Å². The molecule has 0 aliphatic heterocycles. The molecule has 0 bridgehead atoms. The normalized spacial score (nSPS) is 11.9. The first-order chi connectivity index (χ1) is 8.36. The van der Waals surface area contributed by atoms with Gasteiger partial charge in [-0.1, -0.05) is 20.3 Å². The number of primary amides is 1. The van der Waals surface area contributed by atoms with Crippen LogP contribution < -0.4 is 5.73 Å². The third-order valence-corrected chi connectivity index (χ3v) is 2.53. The predicted molar refractivity (Wildman–Crippen MR) is 66.7 cm³/mol. The molecule has 0 spiro atoms. The molecule has 6 nitrogen and oxygen atoms in total. The summed E-state index contributed by atoms with van der Waals surface area (Å²) in [7, 11) is 0. The highest BCUT2D eigenvalue weighted by Crippen LogP contribution is 2.10. The molecule has 0 saturated carbocycles. The van der Waals surface area contributed by atoms with Crippen LogP contribution in [0.15, 0.2) is 0 Å². The lowest BCUT2D eigenvalue weighted by molar-refractivity contribution is -0.139. The highest BCUT2D eigenvalue weighted by molar-refractivity contribution is 5.84. The van der Waals surface area contributed by atoms with Crippen LogP contribution in [0.5, 0.6) is 0 Å². The maximum absolute atomic E-state index is 11.9. The van der Waals surface area contributed by atoms with Gasteiger partial charge in [0.25, 0.3) is 0 Å². The van der Waals surface area contributed by atoms with E-state index in [1.807, 2.05) is 6.92 Å². The predicted octanol–water partition coefficient (Wildman–Crippen LogP) is 0.601. The highest BCUT2D eigenvalue weighted by atomic mass is 16.4. The highest BCUT2D eigenvalue weighted by Gasteiger charge is 2.19. The van der Waals surface area contributed by atoms with E-state index in [-0.39, 0.29) is 31.2 Å². The van der Waals surface area contributed by atoms with Gasteiger partial charge in [0.05, 0.1) is 6.54 Å². The van der Waals surface area contributed by atoms with Gasteiger partial charge in [0.1, 0.15) is 0 Å². The smallest absolute Gasteiger partial charge is 0.303 e. The largest absolute Gasteiger partial charge is 0.481 e. The van der Waals surface area contributed by atoms with Crippen molar-refractivity contribution < 1.29 is 19.5 Å². The number of carboxylic acids is 1. The van der Waals surface area contributed by atoms with Gasteiger partial charge < -0.3 is 15.7 Å². The SMILES string of the molecule is CCCCN(CC(N)=O)C(=O)CC(C)CC(=O)O. The van der Waals surface area contributed by atoms with Crippen molar-refractivity contribution >= 4 is 17.8 Å². The van der Waals surface area contributed by atoms with Crippen molar-refractivity contribution in [2.45, 2.75) is 39.5 Å². The van der Waals surface area contributed by atoms with E-state index < -0.39 is 11.9 Å². The van der Waals surface area contributed by atoms with Crippen molar-refractivity contribution in [2.75, 3.05) is 13.1 Å². The Morgan fingerprint density at radius 3 is 2.33 bits per heavy atom. The first-order valence-corrected chi connectivity index (χ1v) is 6.14. The Morgan fingerprint density at radius 2 is 1.89 bits per heavy atom. The molecule has 0 saturated heterocycles. The van der Waals surface area contributed by atoms with E-state index >= 15 is 0 Å². The molecule has 0 aliphatic carbocycles. The van der Waals surface area contributed by atoms with Gasteiger partial charge in [-0.25, -0.2) is 0 Å². The minimum Gasteiger partial charge on any atom is -0.481 e. The Balaban J connectivity index is 4.35. The summed E-state index contributed by atoms with van der Waals surface area (Å²) in [6.45, 7) is 4.07. The molecule has 3 N–H and O–H groups in total. The minimum atomic E-state index is -0.926. The fourth-order valence-corrected chi connectivity index (χ4v) is 1.63. The van der Waals surface area contributed by atoms with Crippen LogP contribution in [0.3, 0.4) is 0 Å². The van der Waals surface area contributed by atoms with E-state index in [1.54, 1.807) is 6.92 Å². The Morgan fingerprint density at radius 1 is 1.28 bits per heavy atom. The number of nitrogens with zero attached hydrogens (tertiary/aromatic N) is 1. The molecule has 2 amide bonds. The monoisotopic (exact) mass is 258 g/mol. The van der Waals surface area contributed by atoms with Gasteiger partial charge in [0, 0.05) is 19.4 Å². The Hall–Kier alpha value is -1.59. The van der Waals surface area contributed by atoms with Crippen LogP contribution in [0.2, 0.25) is 0 Å². The lowest BCUT2D eigenvalue weighted by atomic mass is 10.0. The molecule has 0 radical (unpaired) electrons. The van der Waals surface area contributed by atoms with Gasteiger partial charge in [0.2, 0.25) is 11.8 Å². The van der Waals surface area contributed by atoms with Gasteiger partial charge in [-0.15, -0.1) is 0 Å². The zero-order valence-electron chi connectivity index (χ0n) is 11.0. The summed E-state index contributed by atoms with van der Waals surface area (Å²) in [4.78, 5) is 34.7. The summed E-state index contributed by atoms with van der Waals surface area (Å²) in [6, 6.07) is 0. The molecule has 0 aliphatic rings. The van der Waals surface area contributed by atoms with Crippen molar-refractivity contribution in [3.05, 3.63) is 0 Å². The molecule has 0 aromatic carbocycles. The van der Waals surface area contributed by atoms with Crippen LogP contribution >= 0.6 is 0 Å². The van der Waals surface area contributed by atoms with Crippen LogP contribution in [-0.2, 0) is 14.4 Å². The second-order valence-corrected chi connectivity index (χ2v) is 4.54. The molecule has 104 valence electrons. The van der Waals surface area contributed by atoms with E-state index in [0.717, 1.165) is 12.8 Å². The van der Waals surface area contributed by atoms with Gasteiger partial charge in [-0.05, 0) is 12.3 Å². The van der Waals surface area contributed by atoms with Crippen LogP contribution in [0.1, 0.15) is 39.5 Å². The van der Waals surface area contributed by atoms with Crippen molar-refractivity contribution in [3.8, 4) is 0 Å². The van der Waals surface area contributed by atoms with Crippen molar-refractivity contribution in [1.29, 1.82) is 0 Å². The standard InChI is InChI=1S/C12H22N2O4/c1-3-4-5-14(8-10(13)15)11(16)6-9(2)7-12(17)18/h9H,3-8H2,1-2H3,(H2,13,15)(H,17,18). The zero-order chi connectivity index (χ0) is 14.1. The van der Waals surface area contributed by atoms with E-state index in [4.69, 9.17) is 10.8 Å². The molecule has 1 atom stereocenters. The lowest BCUT2D eigenvalue weighted by Gasteiger charge is -2.22. The molecule has 0 rings (SSSR count). The molecule has 0 aromatic heterocycles. The molecule has 0 aromatic rings. The average Bonchev–Trinajstić information content (AvgIpc) is 2.22. The number of amides is 2. The van der Waals surface area contributed by atoms with Crippen molar-refractivity contribution in [2.24, 2.45) is 11.7 Å². The van der Waals surface area contributed by atoms with E-state index in [0.29, 0.717) is 6.54 Å². The van der Waals surface area contributed by atoms with Gasteiger partial charge in [-0.2, -0.15) is 0 Å². The lowest BCUT2D eigenvalue weighted by Crippen LogP contribution is -2.39. The maximum Gasteiger partial charge on any atom is 0.303 e. The maximum atomic E-state index is 11.9. The van der Waals surface area contributed by atoms with Gasteiger partial charge >= 0.3 is 5.97 Å². The summed E-state index contributed by atoms with van der Waals surface area (Å²) in [6.07, 6.45) is 1.78. The summed E-state index contributed by atoms with van der Waals surface area (Å²) in [5.74, 6) is -1.93. The number of nitrogens with two attached hydrogens (primary N) is 1. The number of rotatable bonds is 9. The number of hydrogen-bond acceptors (Lipinski definition) is 3. The second kappa shape index (κ2) is 8.49. The van der Waals surface area contributed by atoms with Gasteiger partial charge in [-0.3, -0.25) is 14.4 Å². The van der Waals surface area contributed by atoms with Gasteiger partial charge in [0.15, 0.2) is 0 Å². The summed E-state index contributed by atoms with van der Waals surface area (Å²) in [5, 5.41) is 8.62. The minimum absolute atomic E-state index is 0.0517. The first-order valence-electron chi connectivity index (χ1n) is 6.14. The number of unbranched alkanes of at least 4 members (excludes halogenated alkanes) is 1. The Bertz CT molecular complexity index is 304. The third-order valence-electron chi connectivity index (χ3n) is 2.53. The molecular formula is C12H22N2O4. The Labute approximate surface area is 107 Å². The summed E-state index contributed by atoms with van der Waals surface area (Å²) < 4.78 is 0. The topological polar surface area (TPSA) is 101 Å². The fourth-order valence-electron chi connectivity index (χ4n) is 1.63. The molecule has 0 heterocycles. The average molecular weight is 258 g/mol. The van der Waals surface area contributed by atoms with Crippen LogP contribution in [-0.4, -0.2) is 40.9 Å². The summed E-state index contributed by atoms with van der Waals surface area (Å²) in [5.41, 5.74) is 5.09. The number of carbonyl (C=O) groups is 3. The van der Waals surface area contributed by atoms with Crippen LogP contribution in [0.25, 0.3) is 0 Å². The van der Waals surface area contributed by atoms with Crippen LogP contribution in [0, 0.1) is 5.92 Å². The first kappa shape index (κ1) is 16.4. The quantitative estimate of drug-likeness (QED) is 0.632. The molecule has 1 unspecified atom stereocenters. The molecule has 18 heavy (non-hydrogen) atoms. The van der Waals surface area contributed by atoms with Crippen LogP contribution in [0.4, 0.5) is 0 Å². The van der Waals surface area contributed by atoms with E-state index in [1.165, 1.54) is 4.90 Å². The Kier molecular flexibility index (Phi) is 7.74. The van der Waals surface area contributed by atoms with Crippen molar-refractivity contribution in [3.63, 3.8) is 0 Å². The molecular weight excluding hydrogens is 236 g/mol. The number of carbonyl (C=O) groups excluding carboxylic acids is 2. The molecule has 6 heteroatoms. The number of carboxylic acid groups (broad SMARTS) is 1.